The molecule has 0 aliphatic carbocycles. The second-order valence-corrected chi connectivity index (χ2v) is 6.31. The maximum Gasteiger partial charge on any atom is 0.0411 e. The van der Waals surface area contributed by atoms with Gasteiger partial charge in [0, 0.05) is 17.4 Å². The minimum absolute atomic E-state index is 0.425. The van der Waals surface area contributed by atoms with Crippen molar-refractivity contribution in [2.75, 3.05) is 4.90 Å². The molecule has 0 saturated carbocycles. The van der Waals surface area contributed by atoms with E-state index in [4.69, 9.17) is 0 Å². The molecule has 0 radical (unpaired) electrons. The van der Waals surface area contributed by atoms with Gasteiger partial charge in [-0.1, -0.05) is 69.0 Å². The summed E-state index contributed by atoms with van der Waals surface area (Å²) in [6, 6.07) is 19.7. The minimum Gasteiger partial charge on any atom is -0.342 e. The van der Waals surface area contributed by atoms with Crippen LogP contribution >= 0.6 is 0 Å². The summed E-state index contributed by atoms with van der Waals surface area (Å²) >= 11 is 0. The molecular formula is C22H27N. The molecule has 0 fully saturated rings. The van der Waals surface area contributed by atoms with Crippen molar-refractivity contribution < 1.29 is 0 Å². The third-order valence-corrected chi connectivity index (χ3v) is 4.36. The number of allylic oxidation sites excluding steroid dienone is 3. The van der Waals surface area contributed by atoms with Crippen molar-refractivity contribution in [1.29, 1.82) is 0 Å². The zero-order chi connectivity index (χ0) is 16.8. The van der Waals surface area contributed by atoms with E-state index in [2.05, 4.69) is 93.8 Å². The van der Waals surface area contributed by atoms with E-state index in [1.807, 2.05) is 12.1 Å². The van der Waals surface area contributed by atoms with Gasteiger partial charge in [0.1, 0.15) is 0 Å². The van der Waals surface area contributed by atoms with Crippen LogP contribution in [-0.2, 0) is 0 Å². The molecule has 0 heterocycles. The second kappa shape index (κ2) is 7.82. The first-order valence-corrected chi connectivity index (χ1v) is 8.28. The summed E-state index contributed by atoms with van der Waals surface area (Å²) in [4.78, 5) is 2.39. The second-order valence-electron chi connectivity index (χ2n) is 6.31. The fourth-order valence-corrected chi connectivity index (χ4v) is 2.75. The SMILES string of the molecule is C=C/C=C(\C)N(c1ccc(-c2ccccc2)cc1)[C@H](C)C(C)C. The van der Waals surface area contributed by atoms with Crippen molar-refractivity contribution in [3.8, 4) is 11.1 Å². The van der Waals surface area contributed by atoms with Crippen molar-refractivity contribution >= 4 is 5.69 Å². The number of benzene rings is 2. The number of hydrogen-bond acceptors (Lipinski definition) is 1. The summed E-state index contributed by atoms with van der Waals surface area (Å²) in [7, 11) is 0. The Labute approximate surface area is 141 Å². The topological polar surface area (TPSA) is 3.24 Å². The third-order valence-electron chi connectivity index (χ3n) is 4.36. The molecule has 0 saturated heterocycles. The van der Waals surface area contributed by atoms with Gasteiger partial charge >= 0.3 is 0 Å². The van der Waals surface area contributed by atoms with Gasteiger partial charge in [-0.15, -0.1) is 0 Å². The first-order chi connectivity index (χ1) is 11.0. The Morgan fingerprint density at radius 1 is 0.913 bits per heavy atom. The number of nitrogens with zero attached hydrogens (tertiary/aromatic N) is 1. The molecular weight excluding hydrogens is 278 g/mol. The Bertz CT molecular complexity index is 650. The van der Waals surface area contributed by atoms with E-state index in [1.165, 1.54) is 22.5 Å². The molecule has 1 heteroatoms. The van der Waals surface area contributed by atoms with E-state index in [0.717, 1.165) is 0 Å². The zero-order valence-corrected chi connectivity index (χ0v) is 14.7. The van der Waals surface area contributed by atoms with Crippen LogP contribution in [0.4, 0.5) is 5.69 Å². The maximum atomic E-state index is 3.83. The standard InChI is InChI=1S/C22H27N/c1-6-10-18(4)23(19(5)17(2)3)22-15-13-21(14-16-22)20-11-8-7-9-12-20/h6-17,19H,1H2,2-5H3/b18-10+/t19-/m1/s1. The average molecular weight is 305 g/mol. The smallest absolute Gasteiger partial charge is 0.0411 e. The lowest BCUT2D eigenvalue weighted by atomic mass is 10.0. The Hall–Kier alpha value is -2.28. The first kappa shape index (κ1) is 17.1. The van der Waals surface area contributed by atoms with E-state index in [1.54, 1.807) is 0 Å². The number of anilines is 1. The van der Waals surface area contributed by atoms with Crippen LogP contribution in [0, 0.1) is 5.92 Å². The lowest BCUT2D eigenvalue weighted by molar-refractivity contribution is 0.507. The van der Waals surface area contributed by atoms with Crippen LogP contribution in [0.5, 0.6) is 0 Å². The van der Waals surface area contributed by atoms with Crippen LogP contribution in [-0.4, -0.2) is 6.04 Å². The fraction of sp³-hybridized carbons (Fsp3) is 0.273. The molecule has 2 rings (SSSR count). The van der Waals surface area contributed by atoms with E-state index in [-0.39, 0.29) is 0 Å². The predicted octanol–water partition coefficient (Wildman–Crippen LogP) is 6.29. The van der Waals surface area contributed by atoms with E-state index < -0.39 is 0 Å². The van der Waals surface area contributed by atoms with Gasteiger partial charge in [-0.05, 0) is 49.1 Å². The summed E-state index contributed by atoms with van der Waals surface area (Å²) in [5, 5.41) is 0. The number of rotatable bonds is 6. The van der Waals surface area contributed by atoms with Crippen molar-refractivity contribution in [3.63, 3.8) is 0 Å². The Morgan fingerprint density at radius 2 is 1.48 bits per heavy atom. The van der Waals surface area contributed by atoms with Gasteiger partial charge in [0.2, 0.25) is 0 Å². The highest BCUT2D eigenvalue weighted by molar-refractivity contribution is 5.67. The molecule has 23 heavy (non-hydrogen) atoms. The van der Waals surface area contributed by atoms with Crippen molar-refractivity contribution in [3.05, 3.63) is 79.0 Å². The summed E-state index contributed by atoms with van der Waals surface area (Å²) in [6.07, 6.45) is 3.93. The van der Waals surface area contributed by atoms with Crippen molar-refractivity contribution in [1.82, 2.24) is 0 Å². The lowest BCUT2D eigenvalue weighted by Gasteiger charge is -2.34. The fourth-order valence-electron chi connectivity index (χ4n) is 2.75. The zero-order valence-electron chi connectivity index (χ0n) is 14.7. The van der Waals surface area contributed by atoms with Crippen LogP contribution in [0.3, 0.4) is 0 Å². The molecule has 0 bridgehead atoms. The minimum atomic E-state index is 0.425. The molecule has 0 spiro atoms. The van der Waals surface area contributed by atoms with Crippen LogP contribution in [0.15, 0.2) is 79.0 Å². The highest BCUT2D eigenvalue weighted by Gasteiger charge is 2.19. The molecule has 0 N–H and O–H groups in total. The molecule has 0 aliphatic heterocycles. The van der Waals surface area contributed by atoms with Gasteiger partial charge in [0.15, 0.2) is 0 Å². The van der Waals surface area contributed by atoms with Gasteiger partial charge < -0.3 is 4.90 Å². The monoisotopic (exact) mass is 305 g/mol. The summed E-state index contributed by atoms with van der Waals surface area (Å²) in [6.45, 7) is 12.8. The highest BCUT2D eigenvalue weighted by Crippen LogP contribution is 2.28. The molecule has 0 amide bonds. The molecule has 0 aromatic heterocycles. The largest absolute Gasteiger partial charge is 0.342 e. The first-order valence-electron chi connectivity index (χ1n) is 8.28. The normalized spacial score (nSPS) is 13.0. The predicted molar refractivity (Wildman–Crippen MR) is 103 cm³/mol. The van der Waals surface area contributed by atoms with Crippen LogP contribution in [0.2, 0.25) is 0 Å². The van der Waals surface area contributed by atoms with E-state index in [9.17, 15) is 0 Å². The summed E-state index contributed by atoms with van der Waals surface area (Å²) in [5.41, 5.74) is 4.94. The van der Waals surface area contributed by atoms with Crippen LogP contribution in [0.1, 0.15) is 27.7 Å². The molecule has 0 unspecified atom stereocenters. The highest BCUT2D eigenvalue weighted by atomic mass is 15.2. The van der Waals surface area contributed by atoms with Gasteiger partial charge in [-0.2, -0.15) is 0 Å². The van der Waals surface area contributed by atoms with Crippen molar-refractivity contribution in [2.45, 2.75) is 33.7 Å². The molecule has 0 aliphatic rings. The average Bonchev–Trinajstić information content (AvgIpc) is 2.56. The number of hydrogen-bond donors (Lipinski definition) is 0. The van der Waals surface area contributed by atoms with Gasteiger partial charge in [0.05, 0.1) is 0 Å². The Morgan fingerprint density at radius 3 is 2.00 bits per heavy atom. The molecule has 1 atom stereocenters. The third kappa shape index (κ3) is 4.13. The van der Waals surface area contributed by atoms with Gasteiger partial charge in [-0.3, -0.25) is 0 Å². The molecule has 2 aromatic carbocycles. The van der Waals surface area contributed by atoms with Crippen LogP contribution < -0.4 is 4.90 Å². The Kier molecular flexibility index (Phi) is 5.81. The quantitative estimate of drug-likeness (QED) is 0.566. The maximum absolute atomic E-state index is 3.83. The van der Waals surface area contributed by atoms with E-state index >= 15 is 0 Å². The van der Waals surface area contributed by atoms with Gasteiger partial charge in [0.25, 0.3) is 0 Å². The van der Waals surface area contributed by atoms with Crippen molar-refractivity contribution in [2.24, 2.45) is 5.92 Å². The van der Waals surface area contributed by atoms with Crippen LogP contribution in [0.25, 0.3) is 11.1 Å². The van der Waals surface area contributed by atoms with E-state index in [0.29, 0.717) is 12.0 Å². The lowest BCUT2D eigenvalue weighted by Crippen LogP contribution is -2.35. The summed E-state index contributed by atoms with van der Waals surface area (Å²) in [5.74, 6) is 0.567. The molecule has 2 aromatic rings. The molecule has 120 valence electrons. The van der Waals surface area contributed by atoms with Gasteiger partial charge in [-0.25, -0.2) is 0 Å². The molecule has 1 nitrogen and oxygen atoms in total. The summed E-state index contributed by atoms with van der Waals surface area (Å²) < 4.78 is 0. The Balaban J connectivity index is 2.36.